The van der Waals surface area contributed by atoms with Crippen molar-refractivity contribution in [3.8, 4) is 11.5 Å². The highest BCUT2D eigenvalue weighted by Crippen LogP contribution is 2.24. The summed E-state index contributed by atoms with van der Waals surface area (Å²) in [6, 6.07) is 21.4. The summed E-state index contributed by atoms with van der Waals surface area (Å²) in [4.78, 5) is 25.3. The number of amides is 1. The van der Waals surface area contributed by atoms with Crippen molar-refractivity contribution in [3.63, 3.8) is 0 Å². The third kappa shape index (κ3) is 5.88. The number of benzene rings is 3. The van der Waals surface area contributed by atoms with E-state index < -0.39 is 0 Å². The van der Waals surface area contributed by atoms with Crippen molar-refractivity contribution in [1.29, 1.82) is 0 Å². The van der Waals surface area contributed by atoms with Gasteiger partial charge in [0.1, 0.15) is 17.7 Å². The second kappa shape index (κ2) is 11.2. The van der Waals surface area contributed by atoms with Crippen molar-refractivity contribution < 1.29 is 14.3 Å². The van der Waals surface area contributed by atoms with Crippen molar-refractivity contribution in [2.45, 2.75) is 12.7 Å². The van der Waals surface area contributed by atoms with E-state index in [0.29, 0.717) is 10.8 Å². The van der Waals surface area contributed by atoms with Crippen molar-refractivity contribution in [2.24, 2.45) is 0 Å². The van der Waals surface area contributed by atoms with Gasteiger partial charge in [0.25, 0.3) is 5.91 Å². The van der Waals surface area contributed by atoms with Gasteiger partial charge >= 0.3 is 0 Å². The number of piperazine rings is 1. The first-order valence-corrected chi connectivity index (χ1v) is 12.6. The highest BCUT2D eigenvalue weighted by Gasteiger charge is 2.27. The van der Waals surface area contributed by atoms with Crippen LogP contribution in [0.25, 0.3) is 11.0 Å². The fourth-order valence-electron chi connectivity index (χ4n) is 4.67. The van der Waals surface area contributed by atoms with E-state index in [1.807, 2.05) is 36.4 Å². The van der Waals surface area contributed by atoms with Crippen LogP contribution in [0.5, 0.6) is 11.5 Å². The Balaban J connectivity index is 1.30. The lowest BCUT2D eigenvalue weighted by molar-refractivity contribution is 0.0645. The van der Waals surface area contributed by atoms with Gasteiger partial charge in [0.2, 0.25) is 5.28 Å². The normalized spacial score (nSPS) is 15.4. The molecule has 1 unspecified atom stereocenters. The summed E-state index contributed by atoms with van der Waals surface area (Å²) in [6.45, 7) is 4.31. The summed E-state index contributed by atoms with van der Waals surface area (Å²) in [6.07, 6.45) is -0.275. The first kappa shape index (κ1) is 25.1. The molecule has 1 atom stereocenters. The lowest BCUT2D eigenvalue weighted by Crippen LogP contribution is -2.51. The zero-order chi connectivity index (χ0) is 25.8. The van der Waals surface area contributed by atoms with E-state index in [1.54, 1.807) is 32.4 Å². The van der Waals surface area contributed by atoms with Gasteiger partial charge in [-0.1, -0.05) is 24.3 Å². The molecule has 37 heavy (non-hydrogen) atoms. The minimum absolute atomic E-state index is 0.158. The lowest BCUT2D eigenvalue weighted by Gasteiger charge is -2.39. The molecular formula is C28H30ClN5O3. The van der Waals surface area contributed by atoms with Gasteiger partial charge in [-0.25, -0.2) is 4.98 Å². The monoisotopic (exact) mass is 519 g/mol. The average Bonchev–Trinajstić information content (AvgIpc) is 3.32. The number of imidazole rings is 1. The van der Waals surface area contributed by atoms with Gasteiger partial charge in [-0.05, 0) is 65.2 Å². The quantitative estimate of drug-likeness (QED) is 0.357. The first-order valence-electron chi connectivity index (χ1n) is 12.2. The predicted molar refractivity (Wildman–Crippen MR) is 144 cm³/mol. The van der Waals surface area contributed by atoms with Crippen LogP contribution in [0.4, 0.5) is 0 Å². The van der Waals surface area contributed by atoms with Crippen molar-refractivity contribution >= 4 is 28.5 Å². The summed E-state index contributed by atoms with van der Waals surface area (Å²) in [5.41, 5.74) is 4.25. The molecule has 1 saturated heterocycles. The van der Waals surface area contributed by atoms with Gasteiger partial charge in [0, 0.05) is 38.3 Å². The molecule has 5 rings (SSSR count). The van der Waals surface area contributed by atoms with Crippen LogP contribution in [0.2, 0.25) is 5.28 Å². The first-order chi connectivity index (χ1) is 18.0. The number of ether oxygens (including phenoxy) is 2. The molecule has 3 aromatic carbocycles. The van der Waals surface area contributed by atoms with E-state index >= 15 is 0 Å². The van der Waals surface area contributed by atoms with Gasteiger partial charge in [-0.2, -0.15) is 0 Å². The Kier molecular flexibility index (Phi) is 7.60. The molecule has 2 heterocycles. The molecule has 1 fully saturated rings. The number of methoxy groups -OCH3 is 2. The second-order valence-corrected chi connectivity index (χ2v) is 9.43. The molecular weight excluding hydrogens is 490 g/mol. The fraction of sp³-hybridized carbons (Fsp3) is 0.286. The molecule has 0 aliphatic carbocycles. The average molecular weight is 520 g/mol. The van der Waals surface area contributed by atoms with Crippen LogP contribution in [-0.2, 0) is 6.54 Å². The number of carbonyl (C=O) groups is 1. The van der Waals surface area contributed by atoms with Crippen molar-refractivity contribution in [2.75, 3.05) is 40.4 Å². The number of hydrogen-bond donors (Lipinski definition) is 2. The highest BCUT2D eigenvalue weighted by molar-refractivity contribution is 6.29. The lowest BCUT2D eigenvalue weighted by atomic mass is 10.1. The van der Waals surface area contributed by atoms with E-state index in [-0.39, 0.29) is 12.1 Å². The number of nitrogens with one attached hydrogen (secondary N) is 2. The van der Waals surface area contributed by atoms with Gasteiger partial charge in [-0.3, -0.25) is 14.6 Å². The Bertz CT molecular complexity index is 1350. The van der Waals surface area contributed by atoms with Gasteiger partial charge in [0.15, 0.2) is 0 Å². The highest BCUT2D eigenvalue weighted by atomic mass is 35.5. The van der Waals surface area contributed by atoms with Gasteiger partial charge in [-0.15, -0.1) is 0 Å². The summed E-state index contributed by atoms with van der Waals surface area (Å²) in [7, 11) is 3.33. The molecule has 0 saturated carbocycles. The second-order valence-electron chi connectivity index (χ2n) is 9.07. The number of carbonyl (C=O) groups excluding carboxylic acids is 1. The zero-order valence-electron chi connectivity index (χ0n) is 20.9. The number of hydrogen-bond acceptors (Lipinski definition) is 6. The molecule has 9 heteroatoms. The van der Waals surface area contributed by atoms with Crippen molar-refractivity contribution in [1.82, 2.24) is 25.1 Å². The van der Waals surface area contributed by atoms with Gasteiger partial charge < -0.3 is 19.8 Å². The molecule has 0 spiro atoms. The number of aromatic amines is 1. The van der Waals surface area contributed by atoms with Crippen LogP contribution in [0, 0.1) is 0 Å². The fourth-order valence-corrected chi connectivity index (χ4v) is 4.86. The van der Waals surface area contributed by atoms with Crippen LogP contribution in [-0.4, -0.2) is 66.1 Å². The van der Waals surface area contributed by atoms with Crippen molar-refractivity contribution in [3.05, 3.63) is 88.7 Å². The van der Waals surface area contributed by atoms with E-state index in [1.165, 1.54) is 5.56 Å². The molecule has 1 amide bonds. The third-order valence-electron chi connectivity index (χ3n) is 6.75. The zero-order valence-corrected chi connectivity index (χ0v) is 21.7. The van der Waals surface area contributed by atoms with Crippen LogP contribution in [0.15, 0.2) is 66.7 Å². The third-order valence-corrected chi connectivity index (χ3v) is 6.93. The number of H-pyrrole nitrogens is 1. The maximum atomic E-state index is 13.4. The largest absolute Gasteiger partial charge is 0.497 e. The van der Waals surface area contributed by atoms with E-state index in [9.17, 15) is 4.79 Å². The number of aromatic nitrogens is 2. The van der Waals surface area contributed by atoms with Crippen LogP contribution in [0.3, 0.4) is 0 Å². The Morgan fingerprint density at radius 1 is 0.973 bits per heavy atom. The standard InChI is InChI=1S/C28H30ClN5O3/c1-36-22-8-3-19(4-9-22)18-33-13-15-34(16-14-33)26(20-5-10-23(37-2)11-6-20)32-27(35)21-7-12-24-25(17-21)31-28(29)30-24/h3-12,17,26H,13-16,18H2,1-2H3,(H,30,31)(H,32,35). The maximum Gasteiger partial charge on any atom is 0.252 e. The Morgan fingerprint density at radius 3 is 2.27 bits per heavy atom. The molecule has 0 bridgehead atoms. The predicted octanol–water partition coefficient (Wildman–Crippen LogP) is 4.48. The minimum Gasteiger partial charge on any atom is -0.497 e. The molecule has 2 N–H and O–H groups in total. The van der Waals surface area contributed by atoms with Crippen LogP contribution < -0.4 is 14.8 Å². The topological polar surface area (TPSA) is 82.7 Å². The molecule has 192 valence electrons. The summed E-state index contributed by atoms with van der Waals surface area (Å²) >= 11 is 5.99. The molecule has 4 aromatic rings. The molecule has 1 aliphatic heterocycles. The molecule has 8 nitrogen and oxygen atoms in total. The molecule has 0 radical (unpaired) electrons. The Hall–Kier alpha value is -3.59. The van der Waals surface area contributed by atoms with Gasteiger partial charge in [0.05, 0.1) is 25.3 Å². The van der Waals surface area contributed by atoms with Crippen LogP contribution >= 0.6 is 11.6 Å². The molecule has 1 aliphatic rings. The summed E-state index contributed by atoms with van der Waals surface area (Å²) in [5, 5.41) is 3.55. The Morgan fingerprint density at radius 2 is 1.62 bits per heavy atom. The van der Waals surface area contributed by atoms with E-state index in [2.05, 4.69) is 37.2 Å². The number of nitrogens with zero attached hydrogens (tertiary/aromatic N) is 3. The van der Waals surface area contributed by atoms with Crippen LogP contribution in [0.1, 0.15) is 27.7 Å². The minimum atomic E-state index is -0.275. The maximum absolute atomic E-state index is 13.4. The van der Waals surface area contributed by atoms with E-state index in [4.69, 9.17) is 21.1 Å². The van der Waals surface area contributed by atoms with E-state index in [0.717, 1.165) is 60.8 Å². The smallest absolute Gasteiger partial charge is 0.252 e. The molecule has 1 aromatic heterocycles. The number of rotatable bonds is 8. The number of fused-ring (bicyclic) bond motifs is 1. The summed E-state index contributed by atoms with van der Waals surface area (Å²) < 4.78 is 10.6. The summed E-state index contributed by atoms with van der Waals surface area (Å²) in [5.74, 6) is 1.48. The Labute approximate surface area is 221 Å². The number of halogens is 1. The SMILES string of the molecule is COc1ccc(CN2CCN(C(NC(=O)c3ccc4nc(Cl)[nH]c4c3)c3ccc(OC)cc3)CC2)cc1.